The third-order valence-electron chi connectivity index (χ3n) is 5.17. The Bertz CT molecular complexity index is 853. The summed E-state index contributed by atoms with van der Waals surface area (Å²) in [5.41, 5.74) is 0.900. The van der Waals surface area contributed by atoms with Crippen LogP contribution in [0.5, 0.6) is 0 Å². The Morgan fingerprint density at radius 1 is 1.17 bits per heavy atom. The Morgan fingerprint density at radius 3 is 2.48 bits per heavy atom. The first kappa shape index (κ1) is 21.6. The molecule has 29 heavy (non-hydrogen) atoms. The smallest absolute Gasteiger partial charge is 0.254 e. The van der Waals surface area contributed by atoms with Crippen LogP contribution < -0.4 is 4.31 Å². The van der Waals surface area contributed by atoms with Crippen LogP contribution in [0.15, 0.2) is 24.3 Å². The van der Waals surface area contributed by atoms with Crippen molar-refractivity contribution in [1.29, 1.82) is 0 Å². The molecule has 0 radical (unpaired) electrons. The van der Waals surface area contributed by atoms with E-state index in [1.165, 1.54) is 9.21 Å². The minimum Gasteiger partial charge on any atom is -0.389 e. The predicted molar refractivity (Wildman–Crippen MR) is 110 cm³/mol. The van der Waals surface area contributed by atoms with Gasteiger partial charge < -0.3 is 14.9 Å². The summed E-state index contributed by atoms with van der Waals surface area (Å²) >= 11 is 0. The highest BCUT2D eigenvalue weighted by atomic mass is 32.2. The lowest BCUT2D eigenvalue weighted by molar-refractivity contribution is -0.131. The van der Waals surface area contributed by atoms with Crippen LogP contribution in [-0.4, -0.2) is 79.7 Å². The van der Waals surface area contributed by atoms with E-state index in [0.29, 0.717) is 30.8 Å². The summed E-state index contributed by atoms with van der Waals surface area (Å²) in [5.74, 6) is -0.127. The van der Waals surface area contributed by atoms with E-state index in [-0.39, 0.29) is 43.1 Å². The van der Waals surface area contributed by atoms with E-state index in [1.807, 2.05) is 13.8 Å². The maximum atomic E-state index is 12.9. The molecule has 3 rings (SSSR count). The number of nitrogens with zero attached hydrogens (tertiary/aromatic N) is 3. The van der Waals surface area contributed by atoms with Gasteiger partial charge in [-0.25, -0.2) is 8.42 Å². The molecule has 0 saturated carbocycles. The SMILES string of the molecule is CC(C)CN1CC(O)CN(C(=O)c2ccc(N3CCCCS3(=O)=O)cc2)CC1=O. The molecule has 2 heterocycles. The highest BCUT2D eigenvalue weighted by Gasteiger charge is 2.31. The van der Waals surface area contributed by atoms with Crippen molar-refractivity contribution in [3.63, 3.8) is 0 Å². The summed E-state index contributed by atoms with van der Waals surface area (Å²) < 4.78 is 25.9. The van der Waals surface area contributed by atoms with Gasteiger partial charge in [0.25, 0.3) is 5.91 Å². The van der Waals surface area contributed by atoms with Crippen LogP contribution in [0.25, 0.3) is 0 Å². The number of anilines is 1. The Labute approximate surface area is 172 Å². The van der Waals surface area contributed by atoms with Gasteiger partial charge in [-0.1, -0.05) is 13.8 Å². The van der Waals surface area contributed by atoms with Crippen LogP contribution in [0.2, 0.25) is 0 Å². The third kappa shape index (κ3) is 5.08. The molecule has 1 unspecified atom stereocenters. The third-order valence-corrected chi connectivity index (χ3v) is 7.03. The fourth-order valence-corrected chi connectivity index (χ4v) is 5.44. The first-order valence-electron chi connectivity index (χ1n) is 10.0. The summed E-state index contributed by atoms with van der Waals surface area (Å²) in [6.45, 7) is 5.19. The molecule has 0 bridgehead atoms. The van der Waals surface area contributed by atoms with Gasteiger partial charge in [0.15, 0.2) is 0 Å². The van der Waals surface area contributed by atoms with E-state index >= 15 is 0 Å². The first-order valence-corrected chi connectivity index (χ1v) is 11.6. The molecule has 8 nitrogen and oxygen atoms in total. The normalized spacial score (nSPS) is 22.7. The van der Waals surface area contributed by atoms with Crippen molar-refractivity contribution in [1.82, 2.24) is 9.80 Å². The zero-order valence-electron chi connectivity index (χ0n) is 17.0. The summed E-state index contributed by atoms with van der Waals surface area (Å²) in [7, 11) is -3.31. The lowest BCUT2D eigenvalue weighted by atomic mass is 10.1. The summed E-state index contributed by atoms with van der Waals surface area (Å²) in [6, 6.07) is 6.40. The lowest BCUT2D eigenvalue weighted by Gasteiger charge is -2.28. The fraction of sp³-hybridized carbons (Fsp3) is 0.600. The number of benzene rings is 1. The zero-order chi connectivity index (χ0) is 21.2. The van der Waals surface area contributed by atoms with Crippen molar-refractivity contribution in [2.24, 2.45) is 5.92 Å². The van der Waals surface area contributed by atoms with Crippen LogP contribution >= 0.6 is 0 Å². The first-order chi connectivity index (χ1) is 13.7. The number of β-amino-alcohol motifs (C(OH)–C–C–N with tert-alkyl or cyclic N) is 1. The van der Waals surface area contributed by atoms with Gasteiger partial charge in [0.1, 0.15) is 6.54 Å². The second kappa shape index (κ2) is 8.71. The molecule has 2 aliphatic rings. The maximum absolute atomic E-state index is 12.9. The van der Waals surface area contributed by atoms with E-state index in [4.69, 9.17) is 0 Å². The number of aliphatic hydroxyl groups is 1. The summed E-state index contributed by atoms with van der Waals surface area (Å²) in [5, 5.41) is 10.3. The van der Waals surface area contributed by atoms with E-state index in [9.17, 15) is 23.1 Å². The highest BCUT2D eigenvalue weighted by Crippen LogP contribution is 2.24. The minimum absolute atomic E-state index is 0.0785. The molecular weight excluding hydrogens is 394 g/mol. The van der Waals surface area contributed by atoms with Crippen molar-refractivity contribution < 1.29 is 23.1 Å². The number of rotatable bonds is 4. The van der Waals surface area contributed by atoms with Gasteiger partial charge in [-0.15, -0.1) is 0 Å². The van der Waals surface area contributed by atoms with Gasteiger partial charge in [-0.3, -0.25) is 13.9 Å². The number of amides is 2. The van der Waals surface area contributed by atoms with E-state index < -0.39 is 16.1 Å². The monoisotopic (exact) mass is 423 g/mol. The molecule has 1 aromatic rings. The molecule has 2 amide bonds. The average Bonchev–Trinajstić information content (AvgIpc) is 2.79. The van der Waals surface area contributed by atoms with Gasteiger partial charge in [-0.05, 0) is 43.0 Å². The molecule has 160 valence electrons. The quantitative estimate of drug-likeness (QED) is 0.777. The Kier molecular flexibility index (Phi) is 6.48. The molecule has 0 aliphatic carbocycles. The summed E-state index contributed by atoms with van der Waals surface area (Å²) in [4.78, 5) is 28.4. The second-order valence-corrected chi connectivity index (χ2v) is 10.2. The zero-order valence-corrected chi connectivity index (χ0v) is 17.8. The van der Waals surface area contributed by atoms with E-state index in [1.54, 1.807) is 29.2 Å². The number of sulfonamides is 1. The molecule has 9 heteroatoms. The molecule has 1 aromatic carbocycles. The van der Waals surface area contributed by atoms with Crippen LogP contribution in [0.1, 0.15) is 37.0 Å². The number of carbonyl (C=O) groups is 2. The van der Waals surface area contributed by atoms with Crippen LogP contribution in [0, 0.1) is 5.92 Å². The van der Waals surface area contributed by atoms with Crippen LogP contribution in [-0.2, 0) is 14.8 Å². The van der Waals surface area contributed by atoms with Gasteiger partial charge in [0.2, 0.25) is 15.9 Å². The van der Waals surface area contributed by atoms with Crippen molar-refractivity contribution in [2.75, 3.05) is 42.8 Å². The topological polar surface area (TPSA) is 98.2 Å². The Morgan fingerprint density at radius 2 is 1.86 bits per heavy atom. The largest absolute Gasteiger partial charge is 0.389 e. The standard InChI is InChI=1S/C20H29N3O5S/c1-15(2)11-21-12-18(24)13-22(14-19(21)25)20(26)16-5-7-17(8-6-16)23-9-3-4-10-29(23,27)28/h5-8,15,18,24H,3-4,9-14H2,1-2H3. The molecule has 2 aliphatic heterocycles. The number of hydrogen-bond donors (Lipinski definition) is 1. The molecule has 1 N–H and O–H groups in total. The highest BCUT2D eigenvalue weighted by molar-refractivity contribution is 7.92. The number of hydrogen-bond acceptors (Lipinski definition) is 5. The molecule has 2 fully saturated rings. The van der Waals surface area contributed by atoms with Crippen LogP contribution in [0.3, 0.4) is 0 Å². The second-order valence-electron chi connectivity index (χ2n) is 8.17. The predicted octanol–water partition coefficient (Wildman–Crippen LogP) is 0.918. The Balaban J connectivity index is 1.73. The van der Waals surface area contributed by atoms with Gasteiger partial charge in [0, 0.05) is 31.7 Å². The molecule has 1 atom stereocenters. The van der Waals surface area contributed by atoms with Gasteiger partial charge in [-0.2, -0.15) is 0 Å². The molecule has 0 aromatic heterocycles. The lowest BCUT2D eigenvalue weighted by Crippen LogP contribution is -2.40. The molecule has 0 spiro atoms. The number of carbonyl (C=O) groups excluding carboxylic acids is 2. The van der Waals surface area contributed by atoms with Crippen molar-refractivity contribution in [3.8, 4) is 0 Å². The van der Waals surface area contributed by atoms with Crippen molar-refractivity contribution >= 4 is 27.5 Å². The molecular formula is C20H29N3O5S. The van der Waals surface area contributed by atoms with E-state index in [2.05, 4.69) is 0 Å². The maximum Gasteiger partial charge on any atom is 0.254 e. The molecule has 2 saturated heterocycles. The van der Waals surface area contributed by atoms with E-state index in [0.717, 1.165) is 6.42 Å². The minimum atomic E-state index is -3.31. The summed E-state index contributed by atoms with van der Waals surface area (Å²) in [6.07, 6.45) is 0.664. The fourth-order valence-electron chi connectivity index (χ4n) is 3.80. The van der Waals surface area contributed by atoms with Gasteiger partial charge in [0.05, 0.1) is 17.5 Å². The van der Waals surface area contributed by atoms with Crippen LogP contribution in [0.4, 0.5) is 5.69 Å². The average molecular weight is 424 g/mol. The van der Waals surface area contributed by atoms with Gasteiger partial charge >= 0.3 is 0 Å². The van der Waals surface area contributed by atoms with Crippen molar-refractivity contribution in [2.45, 2.75) is 32.8 Å². The Hall–Kier alpha value is -2.13. The number of aliphatic hydroxyl groups excluding tert-OH is 1. The van der Waals surface area contributed by atoms with Crippen molar-refractivity contribution in [3.05, 3.63) is 29.8 Å².